The number of carboxylic acid groups (broad SMARTS) is 1. The number of hydrogen-bond donors (Lipinski definition) is 1. The number of benzene rings is 1. The predicted molar refractivity (Wildman–Crippen MR) is 80.4 cm³/mol. The first kappa shape index (κ1) is 15.1. The number of aromatic nitrogens is 2. The molecule has 0 atom stereocenters. The van der Waals surface area contributed by atoms with Crippen LogP contribution < -0.4 is 4.74 Å². The SMILES string of the molecule is Cc1nn(C)c(COc2ccc(C=CC(=O)O)cc2)c1Cl. The highest BCUT2D eigenvalue weighted by molar-refractivity contribution is 6.31. The van der Waals surface area contributed by atoms with E-state index < -0.39 is 5.97 Å². The summed E-state index contributed by atoms with van der Waals surface area (Å²) in [5, 5.41) is 13.4. The summed E-state index contributed by atoms with van der Waals surface area (Å²) in [5.74, 6) is -0.297. The van der Waals surface area contributed by atoms with Crippen molar-refractivity contribution in [3.05, 3.63) is 52.3 Å². The van der Waals surface area contributed by atoms with Crippen LogP contribution in [0, 0.1) is 6.92 Å². The van der Waals surface area contributed by atoms with Crippen LogP contribution in [0.5, 0.6) is 5.75 Å². The van der Waals surface area contributed by atoms with Crippen LogP contribution in [0.2, 0.25) is 5.02 Å². The fraction of sp³-hybridized carbons (Fsp3) is 0.200. The standard InChI is InChI=1S/C15H15ClN2O3/c1-10-15(16)13(18(2)17-10)9-21-12-6-3-11(4-7-12)5-8-14(19)20/h3-8H,9H2,1-2H3,(H,19,20). The van der Waals surface area contributed by atoms with Gasteiger partial charge in [-0.05, 0) is 30.7 Å². The van der Waals surface area contributed by atoms with E-state index >= 15 is 0 Å². The summed E-state index contributed by atoms with van der Waals surface area (Å²) >= 11 is 6.15. The number of halogens is 1. The van der Waals surface area contributed by atoms with E-state index in [1.165, 1.54) is 6.08 Å². The topological polar surface area (TPSA) is 64.4 Å². The average Bonchev–Trinajstić information content (AvgIpc) is 2.69. The van der Waals surface area contributed by atoms with Gasteiger partial charge in [0.1, 0.15) is 12.4 Å². The van der Waals surface area contributed by atoms with Crippen LogP contribution in [0.4, 0.5) is 0 Å². The Labute approximate surface area is 127 Å². The minimum absolute atomic E-state index is 0.320. The monoisotopic (exact) mass is 306 g/mol. The zero-order valence-corrected chi connectivity index (χ0v) is 12.5. The second-order valence-electron chi connectivity index (χ2n) is 4.50. The van der Waals surface area contributed by atoms with Gasteiger partial charge in [0, 0.05) is 13.1 Å². The summed E-state index contributed by atoms with van der Waals surface area (Å²) in [4.78, 5) is 10.4. The minimum Gasteiger partial charge on any atom is -0.487 e. The molecule has 0 amide bonds. The molecule has 6 heteroatoms. The zero-order chi connectivity index (χ0) is 15.4. The number of rotatable bonds is 5. The lowest BCUT2D eigenvalue weighted by atomic mass is 10.2. The van der Waals surface area contributed by atoms with Crippen molar-refractivity contribution in [2.75, 3.05) is 0 Å². The van der Waals surface area contributed by atoms with Gasteiger partial charge in [0.2, 0.25) is 0 Å². The number of hydrogen-bond acceptors (Lipinski definition) is 3. The first-order valence-electron chi connectivity index (χ1n) is 6.29. The Bertz CT molecular complexity index is 675. The van der Waals surface area contributed by atoms with Crippen LogP contribution in [0.15, 0.2) is 30.3 Å². The first-order valence-corrected chi connectivity index (χ1v) is 6.67. The van der Waals surface area contributed by atoms with Gasteiger partial charge in [0.05, 0.1) is 16.4 Å². The molecule has 21 heavy (non-hydrogen) atoms. The van der Waals surface area contributed by atoms with Gasteiger partial charge in [-0.1, -0.05) is 23.7 Å². The van der Waals surface area contributed by atoms with E-state index in [0.717, 1.165) is 23.0 Å². The molecule has 2 aromatic rings. The third kappa shape index (κ3) is 3.86. The molecule has 0 aliphatic rings. The Morgan fingerprint density at radius 1 is 1.43 bits per heavy atom. The highest BCUT2D eigenvalue weighted by Crippen LogP contribution is 2.21. The second kappa shape index (κ2) is 6.45. The van der Waals surface area contributed by atoms with E-state index in [9.17, 15) is 4.79 Å². The highest BCUT2D eigenvalue weighted by Gasteiger charge is 2.11. The molecule has 110 valence electrons. The van der Waals surface area contributed by atoms with Gasteiger partial charge < -0.3 is 9.84 Å². The largest absolute Gasteiger partial charge is 0.487 e. The molecule has 0 fully saturated rings. The van der Waals surface area contributed by atoms with Gasteiger partial charge in [-0.2, -0.15) is 5.10 Å². The number of aryl methyl sites for hydroxylation is 2. The molecular formula is C15H15ClN2O3. The second-order valence-corrected chi connectivity index (χ2v) is 4.88. The number of ether oxygens (including phenoxy) is 1. The van der Waals surface area contributed by atoms with E-state index in [1.54, 1.807) is 28.9 Å². The smallest absolute Gasteiger partial charge is 0.328 e. The summed E-state index contributed by atoms with van der Waals surface area (Å²) in [5.41, 5.74) is 2.37. The molecule has 0 bridgehead atoms. The number of carbonyl (C=O) groups is 1. The van der Waals surface area contributed by atoms with Crippen LogP contribution in [0.25, 0.3) is 6.08 Å². The van der Waals surface area contributed by atoms with E-state index in [-0.39, 0.29) is 0 Å². The lowest BCUT2D eigenvalue weighted by Crippen LogP contribution is -2.03. The maximum absolute atomic E-state index is 10.4. The Morgan fingerprint density at radius 3 is 2.62 bits per heavy atom. The average molecular weight is 307 g/mol. The molecule has 0 saturated carbocycles. The van der Waals surface area contributed by atoms with Crippen molar-refractivity contribution in [1.29, 1.82) is 0 Å². The van der Waals surface area contributed by atoms with Crippen molar-refractivity contribution in [2.45, 2.75) is 13.5 Å². The molecule has 1 aromatic heterocycles. The van der Waals surface area contributed by atoms with Gasteiger partial charge >= 0.3 is 5.97 Å². The molecule has 0 aliphatic carbocycles. The van der Waals surface area contributed by atoms with E-state index in [1.807, 2.05) is 14.0 Å². The number of nitrogens with zero attached hydrogens (tertiary/aromatic N) is 2. The first-order chi connectivity index (χ1) is 9.97. The molecule has 0 spiro atoms. The van der Waals surface area contributed by atoms with E-state index in [2.05, 4.69) is 5.10 Å². The zero-order valence-electron chi connectivity index (χ0n) is 11.7. The lowest BCUT2D eigenvalue weighted by molar-refractivity contribution is -0.131. The normalized spacial score (nSPS) is 11.0. The third-order valence-corrected chi connectivity index (χ3v) is 3.43. The fourth-order valence-electron chi connectivity index (χ4n) is 1.83. The Morgan fingerprint density at radius 2 is 2.10 bits per heavy atom. The van der Waals surface area contributed by atoms with Crippen molar-refractivity contribution in [2.24, 2.45) is 7.05 Å². The van der Waals surface area contributed by atoms with Crippen molar-refractivity contribution >= 4 is 23.6 Å². The number of carboxylic acids is 1. The van der Waals surface area contributed by atoms with Crippen LogP contribution in [0.1, 0.15) is 17.0 Å². The summed E-state index contributed by atoms with van der Waals surface area (Å²) in [6, 6.07) is 7.12. The molecule has 0 radical (unpaired) electrons. The van der Waals surface area contributed by atoms with E-state index in [4.69, 9.17) is 21.4 Å². The van der Waals surface area contributed by atoms with Crippen LogP contribution >= 0.6 is 11.6 Å². The summed E-state index contributed by atoms with van der Waals surface area (Å²) in [7, 11) is 1.82. The number of aliphatic carboxylic acids is 1. The molecule has 5 nitrogen and oxygen atoms in total. The van der Waals surface area contributed by atoms with Crippen LogP contribution in [0.3, 0.4) is 0 Å². The molecule has 1 N–H and O–H groups in total. The Balaban J connectivity index is 2.02. The Hall–Kier alpha value is -2.27. The van der Waals surface area contributed by atoms with Gasteiger partial charge in [-0.25, -0.2) is 4.79 Å². The highest BCUT2D eigenvalue weighted by atomic mass is 35.5. The lowest BCUT2D eigenvalue weighted by Gasteiger charge is -2.07. The maximum atomic E-state index is 10.4. The van der Waals surface area contributed by atoms with Crippen molar-refractivity contribution in [3.63, 3.8) is 0 Å². The summed E-state index contributed by atoms with van der Waals surface area (Å²) in [6.07, 6.45) is 2.61. The minimum atomic E-state index is -0.975. The molecule has 2 rings (SSSR count). The van der Waals surface area contributed by atoms with Crippen molar-refractivity contribution in [1.82, 2.24) is 9.78 Å². The predicted octanol–water partition coefficient (Wildman–Crippen LogP) is 3.06. The van der Waals surface area contributed by atoms with Crippen molar-refractivity contribution < 1.29 is 14.6 Å². The van der Waals surface area contributed by atoms with E-state index in [0.29, 0.717) is 17.4 Å². The van der Waals surface area contributed by atoms with Gasteiger partial charge in [-0.15, -0.1) is 0 Å². The van der Waals surface area contributed by atoms with Gasteiger partial charge in [-0.3, -0.25) is 4.68 Å². The van der Waals surface area contributed by atoms with Gasteiger partial charge in [0.25, 0.3) is 0 Å². The molecule has 0 saturated heterocycles. The van der Waals surface area contributed by atoms with Crippen LogP contribution in [-0.4, -0.2) is 20.9 Å². The molecule has 0 aliphatic heterocycles. The van der Waals surface area contributed by atoms with Crippen LogP contribution in [-0.2, 0) is 18.4 Å². The summed E-state index contributed by atoms with van der Waals surface area (Å²) in [6.45, 7) is 2.16. The fourth-order valence-corrected chi connectivity index (χ4v) is 2.05. The molecule has 1 aromatic carbocycles. The maximum Gasteiger partial charge on any atom is 0.328 e. The Kier molecular flexibility index (Phi) is 4.65. The third-order valence-electron chi connectivity index (χ3n) is 2.94. The quantitative estimate of drug-likeness (QED) is 0.862. The molecule has 1 heterocycles. The van der Waals surface area contributed by atoms with Crippen molar-refractivity contribution in [3.8, 4) is 5.75 Å². The molecule has 0 unspecified atom stereocenters. The van der Waals surface area contributed by atoms with Gasteiger partial charge in [0.15, 0.2) is 0 Å². The molecular weight excluding hydrogens is 292 g/mol. The summed E-state index contributed by atoms with van der Waals surface area (Å²) < 4.78 is 7.36.